The number of hydrogen-bond acceptors (Lipinski definition) is 5. The Morgan fingerprint density at radius 2 is 2.11 bits per heavy atom. The fourth-order valence-corrected chi connectivity index (χ4v) is 1.51. The summed E-state index contributed by atoms with van der Waals surface area (Å²) in [5, 5.41) is 9.76. The predicted octanol–water partition coefficient (Wildman–Crippen LogP) is 0.887. The van der Waals surface area contributed by atoms with Crippen LogP contribution in [0.4, 0.5) is 6.01 Å². The number of carbonyl (C=O) groups excluding carboxylic acids is 1. The molecule has 0 aliphatic heterocycles. The van der Waals surface area contributed by atoms with Crippen molar-refractivity contribution < 1.29 is 9.21 Å². The van der Waals surface area contributed by atoms with Gasteiger partial charge in [0.05, 0.1) is 6.04 Å². The van der Waals surface area contributed by atoms with Gasteiger partial charge in [-0.05, 0) is 12.0 Å². The molecule has 1 atom stereocenters. The highest BCUT2D eigenvalue weighted by atomic mass is 16.4. The molecule has 1 aromatic heterocycles. The highest BCUT2D eigenvalue weighted by Crippen LogP contribution is 2.06. The molecule has 0 bridgehead atoms. The van der Waals surface area contributed by atoms with Crippen molar-refractivity contribution >= 4 is 11.9 Å². The Bertz CT molecular complexity index is 524. The Morgan fingerprint density at radius 3 is 2.72 bits per heavy atom. The van der Waals surface area contributed by atoms with Crippen LogP contribution in [0.1, 0.15) is 11.5 Å². The van der Waals surface area contributed by atoms with Crippen LogP contribution in [0, 0.1) is 6.92 Å². The average Bonchev–Trinajstić information content (AvgIpc) is 2.76. The number of aromatic nitrogens is 2. The summed E-state index contributed by atoms with van der Waals surface area (Å²) >= 11 is 0. The molecular weight excluding hydrogens is 232 g/mol. The van der Waals surface area contributed by atoms with Crippen molar-refractivity contribution in [3.63, 3.8) is 0 Å². The second-order valence-electron chi connectivity index (χ2n) is 3.91. The summed E-state index contributed by atoms with van der Waals surface area (Å²) in [4.78, 5) is 11.8. The van der Waals surface area contributed by atoms with E-state index >= 15 is 0 Å². The van der Waals surface area contributed by atoms with Gasteiger partial charge in [-0.1, -0.05) is 35.4 Å². The predicted molar refractivity (Wildman–Crippen MR) is 65.8 cm³/mol. The summed E-state index contributed by atoms with van der Waals surface area (Å²) in [5.74, 6) is 0.0458. The molecule has 0 unspecified atom stereocenters. The van der Waals surface area contributed by atoms with E-state index in [9.17, 15) is 4.79 Å². The van der Waals surface area contributed by atoms with Gasteiger partial charge in [0, 0.05) is 6.92 Å². The van der Waals surface area contributed by atoms with Crippen LogP contribution in [0.3, 0.4) is 0 Å². The maximum Gasteiger partial charge on any atom is 0.322 e. The van der Waals surface area contributed by atoms with Crippen molar-refractivity contribution in [1.29, 1.82) is 0 Å². The average molecular weight is 246 g/mol. The molecule has 94 valence electrons. The van der Waals surface area contributed by atoms with Crippen LogP contribution in [-0.2, 0) is 11.2 Å². The molecule has 1 amide bonds. The smallest absolute Gasteiger partial charge is 0.322 e. The molecule has 2 rings (SSSR count). The monoisotopic (exact) mass is 246 g/mol. The third-order valence-electron chi connectivity index (χ3n) is 2.39. The second kappa shape index (κ2) is 5.42. The SMILES string of the molecule is Cc1nnc(NC(=O)[C@@H](N)Cc2ccccc2)o1. The number of aryl methyl sites for hydroxylation is 1. The first-order valence-electron chi connectivity index (χ1n) is 5.55. The lowest BCUT2D eigenvalue weighted by Gasteiger charge is -2.09. The number of rotatable bonds is 4. The first kappa shape index (κ1) is 12.3. The van der Waals surface area contributed by atoms with Crippen molar-refractivity contribution in [2.24, 2.45) is 5.73 Å². The van der Waals surface area contributed by atoms with Gasteiger partial charge < -0.3 is 10.2 Å². The second-order valence-corrected chi connectivity index (χ2v) is 3.91. The van der Waals surface area contributed by atoms with Gasteiger partial charge in [0.25, 0.3) is 0 Å². The number of anilines is 1. The third-order valence-corrected chi connectivity index (χ3v) is 2.39. The molecular formula is C12H14N4O2. The Kier molecular flexibility index (Phi) is 3.69. The van der Waals surface area contributed by atoms with Crippen LogP contribution < -0.4 is 11.1 Å². The van der Waals surface area contributed by atoms with Gasteiger partial charge in [-0.2, -0.15) is 0 Å². The van der Waals surface area contributed by atoms with Crippen LogP contribution in [0.2, 0.25) is 0 Å². The quantitative estimate of drug-likeness (QED) is 0.835. The Balaban J connectivity index is 1.93. The van der Waals surface area contributed by atoms with E-state index in [1.807, 2.05) is 30.3 Å². The molecule has 0 saturated carbocycles. The van der Waals surface area contributed by atoms with Gasteiger partial charge in [-0.15, -0.1) is 5.10 Å². The first-order chi connectivity index (χ1) is 8.65. The molecule has 6 nitrogen and oxygen atoms in total. The van der Waals surface area contributed by atoms with Gasteiger partial charge in [0.2, 0.25) is 11.8 Å². The van der Waals surface area contributed by atoms with Gasteiger partial charge in [-0.25, -0.2) is 0 Å². The standard InChI is InChI=1S/C12H14N4O2/c1-8-15-16-12(18-8)14-11(17)10(13)7-9-5-3-2-4-6-9/h2-6,10H,7,13H2,1H3,(H,14,16,17)/t10-/m0/s1. The molecule has 6 heteroatoms. The van der Waals surface area contributed by atoms with E-state index < -0.39 is 6.04 Å². The number of carbonyl (C=O) groups is 1. The van der Waals surface area contributed by atoms with Crippen molar-refractivity contribution in [3.05, 3.63) is 41.8 Å². The lowest BCUT2D eigenvalue weighted by atomic mass is 10.1. The number of amides is 1. The highest BCUT2D eigenvalue weighted by molar-refractivity contribution is 5.93. The molecule has 0 aliphatic carbocycles. The molecule has 2 aromatic rings. The number of hydrogen-bond donors (Lipinski definition) is 2. The Morgan fingerprint density at radius 1 is 1.39 bits per heavy atom. The maximum atomic E-state index is 11.8. The molecule has 0 spiro atoms. The fraction of sp³-hybridized carbons (Fsp3) is 0.250. The minimum absolute atomic E-state index is 0.0704. The van der Waals surface area contributed by atoms with Gasteiger partial charge in [0.1, 0.15) is 0 Å². The van der Waals surface area contributed by atoms with Crippen LogP contribution >= 0.6 is 0 Å². The summed E-state index contributed by atoms with van der Waals surface area (Å²) < 4.78 is 5.04. The van der Waals surface area contributed by atoms with Crippen LogP contribution in [0.25, 0.3) is 0 Å². The lowest BCUT2D eigenvalue weighted by Crippen LogP contribution is -2.37. The topological polar surface area (TPSA) is 94.0 Å². The molecule has 1 heterocycles. The number of nitrogens with two attached hydrogens (primary N) is 1. The molecule has 3 N–H and O–H groups in total. The normalized spacial score (nSPS) is 12.1. The van der Waals surface area contributed by atoms with E-state index in [1.54, 1.807) is 6.92 Å². The van der Waals surface area contributed by atoms with Crippen LogP contribution in [0.15, 0.2) is 34.7 Å². The molecule has 18 heavy (non-hydrogen) atoms. The van der Waals surface area contributed by atoms with Crippen LogP contribution in [-0.4, -0.2) is 22.1 Å². The van der Waals surface area contributed by atoms with Crippen molar-refractivity contribution in [2.45, 2.75) is 19.4 Å². The summed E-state index contributed by atoms with van der Waals surface area (Å²) in [6, 6.07) is 8.98. The number of nitrogens with one attached hydrogen (secondary N) is 1. The molecule has 0 radical (unpaired) electrons. The van der Waals surface area contributed by atoms with Crippen molar-refractivity contribution in [1.82, 2.24) is 10.2 Å². The van der Waals surface area contributed by atoms with Crippen LogP contribution in [0.5, 0.6) is 0 Å². The van der Waals surface area contributed by atoms with E-state index in [0.29, 0.717) is 12.3 Å². The van der Waals surface area contributed by atoms with Crippen molar-refractivity contribution in [3.8, 4) is 0 Å². The summed E-state index contributed by atoms with van der Waals surface area (Å²) in [6.45, 7) is 1.65. The zero-order valence-electron chi connectivity index (χ0n) is 9.96. The molecule has 1 aromatic carbocycles. The van der Waals surface area contributed by atoms with Gasteiger partial charge in [0.15, 0.2) is 0 Å². The number of benzene rings is 1. The van der Waals surface area contributed by atoms with E-state index in [-0.39, 0.29) is 11.9 Å². The fourth-order valence-electron chi connectivity index (χ4n) is 1.51. The van der Waals surface area contributed by atoms with Gasteiger partial charge in [-0.3, -0.25) is 10.1 Å². The molecule has 0 saturated heterocycles. The van der Waals surface area contributed by atoms with E-state index in [0.717, 1.165) is 5.56 Å². The summed E-state index contributed by atoms with van der Waals surface area (Å²) in [6.07, 6.45) is 0.458. The number of nitrogens with zero attached hydrogens (tertiary/aromatic N) is 2. The van der Waals surface area contributed by atoms with Gasteiger partial charge >= 0.3 is 6.01 Å². The maximum absolute atomic E-state index is 11.8. The summed E-state index contributed by atoms with van der Waals surface area (Å²) in [5.41, 5.74) is 6.80. The first-order valence-corrected chi connectivity index (χ1v) is 5.55. The zero-order chi connectivity index (χ0) is 13.0. The van der Waals surface area contributed by atoms with E-state index in [2.05, 4.69) is 15.5 Å². The minimum atomic E-state index is -0.653. The van der Waals surface area contributed by atoms with E-state index in [1.165, 1.54) is 0 Å². The minimum Gasteiger partial charge on any atom is -0.408 e. The molecule has 0 fully saturated rings. The zero-order valence-corrected chi connectivity index (χ0v) is 9.96. The van der Waals surface area contributed by atoms with Crippen molar-refractivity contribution in [2.75, 3.05) is 5.32 Å². The Hall–Kier alpha value is -2.21. The third kappa shape index (κ3) is 3.14. The summed E-state index contributed by atoms with van der Waals surface area (Å²) in [7, 11) is 0. The molecule has 0 aliphatic rings. The van der Waals surface area contributed by atoms with E-state index in [4.69, 9.17) is 10.2 Å². The Labute approximate surface area is 104 Å². The lowest BCUT2D eigenvalue weighted by molar-refractivity contribution is -0.117. The largest absolute Gasteiger partial charge is 0.408 e. The highest BCUT2D eigenvalue weighted by Gasteiger charge is 2.16.